The number of anilines is 1. The summed E-state index contributed by atoms with van der Waals surface area (Å²) in [6.07, 6.45) is 1.30. The van der Waals surface area contributed by atoms with Crippen molar-refractivity contribution in [1.29, 1.82) is 0 Å². The summed E-state index contributed by atoms with van der Waals surface area (Å²) in [5.41, 5.74) is 0.679. The van der Waals surface area contributed by atoms with Crippen LogP contribution in [-0.4, -0.2) is 41.8 Å². The maximum atomic E-state index is 14.4. The van der Waals surface area contributed by atoms with Gasteiger partial charge in [-0.05, 0) is 50.0 Å². The Bertz CT molecular complexity index is 821. The normalized spacial score (nSPS) is 23.8. The molecule has 5 nitrogen and oxygen atoms in total. The number of phenols is 1. The number of carbonyl (C=O) groups is 1. The number of ether oxygens (including phenoxy) is 1. The standard InChI is InChI=1S/C21H23FN2O3/c22-17-6-2-3-7-18(17)24(13-16-5-1-4-8-19(16)25)21(26)27-20-14-23-11-9-15(20)10-12-23/h1-8,15,20,25H,9-14H2. The zero-order valence-corrected chi connectivity index (χ0v) is 15.1. The average molecular weight is 370 g/mol. The van der Waals surface area contributed by atoms with Crippen molar-refractivity contribution < 1.29 is 19.0 Å². The number of para-hydroxylation sites is 2. The smallest absolute Gasteiger partial charge is 0.415 e. The van der Waals surface area contributed by atoms with E-state index < -0.39 is 11.9 Å². The molecule has 0 spiro atoms. The number of aromatic hydroxyl groups is 1. The number of benzene rings is 2. The summed E-state index contributed by atoms with van der Waals surface area (Å²) in [7, 11) is 0. The monoisotopic (exact) mass is 370 g/mol. The summed E-state index contributed by atoms with van der Waals surface area (Å²) in [6, 6.07) is 12.9. The van der Waals surface area contributed by atoms with Crippen LogP contribution in [0.2, 0.25) is 0 Å². The van der Waals surface area contributed by atoms with Gasteiger partial charge in [-0.2, -0.15) is 0 Å². The molecule has 27 heavy (non-hydrogen) atoms. The highest BCUT2D eigenvalue weighted by atomic mass is 19.1. The van der Waals surface area contributed by atoms with Gasteiger partial charge in [0.05, 0.1) is 12.2 Å². The minimum absolute atomic E-state index is 0.0353. The van der Waals surface area contributed by atoms with Crippen LogP contribution in [0, 0.1) is 11.7 Å². The molecule has 0 radical (unpaired) electrons. The van der Waals surface area contributed by atoms with Crippen LogP contribution in [0.15, 0.2) is 48.5 Å². The minimum atomic E-state index is -0.581. The Hall–Kier alpha value is -2.60. The van der Waals surface area contributed by atoms with Crippen molar-refractivity contribution in [3.8, 4) is 5.75 Å². The Morgan fingerprint density at radius 2 is 1.85 bits per heavy atom. The van der Waals surface area contributed by atoms with Crippen molar-refractivity contribution >= 4 is 11.8 Å². The Morgan fingerprint density at radius 3 is 2.52 bits per heavy atom. The molecule has 2 aromatic carbocycles. The third kappa shape index (κ3) is 3.76. The zero-order valence-electron chi connectivity index (χ0n) is 15.1. The highest BCUT2D eigenvalue weighted by molar-refractivity contribution is 5.88. The van der Waals surface area contributed by atoms with Gasteiger partial charge >= 0.3 is 6.09 Å². The molecule has 1 unspecified atom stereocenters. The summed E-state index contributed by atoms with van der Waals surface area (Å²) in [4.78, 5) is 16.6. The van der Waals surface area contributed by atoms with E-state index in [9.17, 15) is 14.3 Å². The highest BCUT2D eigenvalue weighted by Crippen LogP contribution is 2.31. The second-order valence-electron chi connectivity index (χ2n) is 7.23. The summed E-state index contributed by atoms with van der Waals surface area (Å²) in [5.74, 6) is -0.0696. The maximum absolute atomic E-state index is 14.4. The molecule has 2 aromatic rings. The first-order chi connectivity index (χ1) is 13.1. The van der Waals surface area contributed by atoms with E-state index in [4.69, 9.17) is 4.74 Å². The molecule has 3 heterocycles. The number of nitrogens with zero attached hydrogens (tertiary/aromatic N) is 2. The maximum Gasteiger partial charge on any atom is 0.415 e. The molecule has 2 bridgehead atoms. The van der Waals surface area contributed by atoms with Crippen molar-refractivity contribution in [2.45, 2.75) is 25.5 Å². The number of fused-ring (bicyclic) bond motifs is 3. The number of halogens is 1. The first-order valence-corrected chi connectivity index (χ1v) is 9.33. The van der Waals surface area contributed by atoms with Gasteiger partial charge in [0, 0.05) is 12.1 Å². The molecule has 1 atom stereocenters. The van der Waals surface area contributed by atoms with E-state index >= 15 is 0 Å². The molecule has 1 N–H and O–H groups in total. The summed E-state index contributed by atoms with van der Waals surface area (Å²) >= 11 is 0. The Labute approximate surface area is 158 Å². The lowest BCUT2D eigenvalue weighted by Crippen LogP contribution is -2.53. The molecular formula is C21H23FN2O3. The average Bonchev–Trinajstić information content (AvgIpc) is 2.69. The molecule has 3 aliphatic heterocycles. The molecule has 3 fully saturated rings. The Balaban J connectivity index is 1.58. The van der Waals surface area contributed by atoms with E-state index in [0.29, 0.717) is 11.5 Å². The van der Waals surface area contributed by atoms with Crippen molar-refractivity contribution in [3.63, 3.8) is 0 Å². The number of carbonyl (C=O) groups excluding carboxylic acids is 1. The van der Waals surface area contributed by atoms with Gasteiger partial charge in [-0.25, -0.2) is 9.18 Å². The Kier molecular flexibility index (Phi) is 4.99. The molecule has 1 amide bonds. The van der Waals surface area contributed by atoms with Crippen molar-refractivity contribution in [2.75, 3.05) is 24.5 Å². The molecule has 3 saturated heterocycles. The van der Waals surface area contributed by atoms with Gasteiger partial charge in [0.15, 0.2) is 0 Å². The molecule has 6 heteroatoms. The topological polar surface area (TPSA) is 53.0 Å². The van der Waals surface area contributed by atoms with Gasteiger partial charge in [0.2, 0.25) is 0 Å². The first-order valence-electron chi connectivity index (χ1n) is 9.33. The van der Waals surface area contributed by atoms with Crippen LogP contribution in [0.3, 0.4) is 0 Å². The van der Waals surface area contributed by atoms with Crippen LogP contribution < -0.4 is 4.90 Å². The van der Waals surface area contributed by atoms with Crippen LogP contribution in [-0.2, 0) is 11.3 Å². The van der Waals surface area contributed by atoms with Gasteiger partial charge < -0.3 is 9.84 Å². The molecule has 0 aliphatic carbocycles. The van der Waals surface area contributed by atoms with E-state index in [-0.39, 0.29) is 24.1 Å². The number of hydrogen-bond donors (Lipinski definition) is 1. The van der Waals surface area contributed by atoms with Crippen LogP contribution >= 0.6 is 0 Å². The number of amides is 1. The fourth-order valence-corrected chi connectivity index (χ4v) is 3.97. The Morgan fingerprint density at radius 1 is 1.15 bits per heavy atom. The van der Waals surface area contributed by atoms with Crippen molar-refractivity contribution in [3.05, 3.63) is 59.9 Å². The second kappa shape index (κ2) is 7.56. The van der Waals surface area contributed by atoms with E-state index in [1.807, 2.05) is 0 Å². The quantitative estimate of drug-likeness (QED) is 0.890. The fraction of sp³-hybridized carbons (Fsp3) is 0.381. The largest absolute Gasteiger partial charge is 0.508 e. The highest BCUT2D eigenvalue weighted by Gasteiger charge is 2.37. The SMILES string of the molecule is O=C(OC1CN2CCC1CC2)N(Cc1ccccc1O)c1ccccc1F. The molecule has 3 aliphatic rings. The number of phenolic OH excluding ortho intramolecular Hbond substituents is 1. The third-order valence-corrected chi connectivity index (χ3v) is 5.53. The number of rotatable bonds is 4. The summed E-state index contributed by atoms with van der Waals surface area (Å²) < 4.78 is 20.2. The second-order valence-corrected chi connectivity index (χ2v) is 7.23. The van der Waals surface area contributed by atoms with Gasteiger partial charge in [-0.15, -0.1) is 0 Å². The van der Waals surface area contributed by atoms with Gasteiger partial charge in [-0.3, -0.25) is 9.80 Å². The van der Waals surface area contributed by atoms with Gasteiger partial charge in [-0.1, -0.05) is 30.3 Å². The minimum Gasteiger partial charge on any atom is -0.508 e. The van der Waals surface area contributed by atoms with Gasteiger partial charge in [0.25, 0.3) is 0 Å². The lowest BCUT2D eigenvalue weighted by Gasteiger charge is -2.44. The van der Waals surface area contributed by atoms with Gasteiger partial charge in [0.1, 0.15) is 17.7 Å². The van der Waals surface area contributed by atoms with E-state index in [0.717, 1.165) is 32.5 Å². The third-order valence-electron chi connectivity index (χ3n) is 5.53. The van der Waals surface area contributed by atoms with Crippen molar-refractivity contribution in [2.24, 2.45) is 5.92 Å². The number of piperidine rings is 3. The fourth-order valence-electron chi connectivity index (χ4n) is 3.97. The van der Waals surface area contributed by atoms with Crippen LogP contribution in [0.1, 0.15) is 18.4 Å². The molecule has 142 valence electrons. The first kappa shape index (κ1) is 17.8. The number of hydrogen-bond acceptors (Lipinski definition) is 4. The van der Waals surface area contributed by atoms with Crippen LogP contribution in [0.4, 0.5) is 14.9 Å². The van der Waals surface area contributed by atoms with Crippen molar-refractivity contribution in [1.82, 2.24) is 4.90 Å². The predicted molar refractivity (Wildman–Crippen MR) is 100 cm³/mol. The van der Waals surface area contributed by atoms with E-state index in [1.54, 1.807) is 42.5 Å². The molecule has 5 rings (SSSR count). The van der Waals surface area contributed by atoms with E-state index in [2.05, 4.69) is 4.90 Å². The lowest BCUT2D eigenvalue weighted by atomic mass is 9.86. The predicted octanol–water partition coefficient (Wildman–Crippen LogP) is 3.77. The molecule has 0 aromatic heterocycles. The zero-order chi connectivity index (χ0) is 18.8. The summed E-state index contributed by atoms with van der Waals surface area (Å²) in [5, 5.41) is 10.1. The van der Waals surface area contributed by atoms with E-state index in [1.165, 1.54) is 11.0 Å². The van der Waals surface area contributed by atoms with Crippen LogP contribution in [0.5, 0.6) is 5.75 Å². The lowest BCUT2D eigenvalue weighted by molar-refractivity contribution is -0.0311. The molecular weight excluding hydrogens is 347 g/mol. The molecule has 0 saturated carbocycles. The summed E-state index contributed by atoms with van der Waals surface area (Å²) in [6.45, 7) is 2.87. The van der Waals surface area contributed by atoms with Crippen LogP contribution in [0.25, 0.3) is 0 Å².